The molecule has 0 fully saturated rings. The molecule has 12 heavy (non-hydrogen) atoms. The van der Waals surface area contributed by atoms with E-state index >= 15 is 0 Å². The third-order valence-corrected chi connectivity index (χ3v) is 1.89. The minimum absolute atomic E-state index is 0.374. The van der Waals surface area contributed by atoms with Gasteiger partial charge in [-0.2, -0.15) is 0 Å². The van der Waals surface area contributed by atoms with Gasteiger partial charge in [-0.25, -0.2) is 0 Å². The Hall–Kier alpha value is -1.29. The average molecular weight is 164 g/mol. The second kappa shape index (κ2) is 2.98. The van der Waals surface area contributed by atoms with Gasteiger partial charge in [0.2, 0.25) is 0 Å². The van der Waals surface area contributed by atoms with E-state index in [9.17, 15) is 4.91 Å². The lowest BCUT2D eigenvalue weighted by atomic mass is 10.1. The van der Waals surface area contributed by atoms with E-state index in [1.807, 2.05) is 0 Å². The molecule has 1 aliphatic heterocycles. The molecule has 62 valence electrons. The van der Waals surface area contributed by atoms with Gasteiger partial charge in [0.05, 0.1) is 19.4 Å². The highest BCUT2D eigenvalue weighted by atomic mass is 16.5. The highest BCUT2D eigenvalue weighted by Gasteiger charge is 2.10. The molecule has 1 aromatic rings. The van der Waals surface area contributed by atoms with E-state index in [4.69, 9.17) is 4.74 Å². The maximum atomic E-state index is 10.2. The van der Waals surface area contributed by atoms with Crippen molar-refractivity contribution in [2.24, 2.45) is 5.18 Å². The first-order chi connectivity index (χ1) is 5.90. The van der Waals surface area contributed by atoms with Crippen LogP contribution in [0.3, 0.4) is 0 Å². The Morgan fingerprint density at radius 2 is 2.50 bits per heavy atom. The summed E-state index contributed by atoms with van der Waals surface area (Å²) in [7, 11) is 0. The molecule has 4 heteroatoms. The molecule has 0 N–H and O–H groups in total. The van der Waals surface area contributed by atoms with Crippen molar-refractivity contribution in [1.82, 2.24) is 4.98 Å². The Morgan fingerprint density at radius 1 is 1.58 bits per heavy atom. The lowest BCUT2D eigenvalue weighted by Crippen LogP contribution is -2.10. The first-order valence-electron chi connectivity index (χ1n) is 3.79. The molecule has 0 radical (unpaired) electrons. The van der Waals surface area contributed by atoms with E-state index in [1.165, 1.54) is 6.20 Å². The topological polar surface area (TPSA) is 51.5 Å². The molecule has 0 unspecified atom stereocenters. The zero-order valence-electron chi connectivity index (χ0n) is 6.49. The van der Waals surface area contributed by atoms with Crippen molar-refractivity contribution in [3.63, 3.8) is 0 Å². The quantitative estimate of drug-likeness (QED) is 0.592. The van der Waals surface area contributed by atoms with Crippen molar-refractivity contribution in [3.8, 4) is 0 Å². The molecule has 0 atom stereocenters. The van der Waals surface area contributed by atoms with Gasteiger partial charge in [0, 0.05) is 17.7 Å². The number of pyridine rings is 1. The van der Waals surface area contributed by atoms with E-state index in [0.29, 0.717) is 18.9 Å². The van der Waals surface area contributed by atoms with Gasteiger partial charge in [-0.05, 0) is 11.2 Å². The van der Waals surface area contributed by atoms with Crippen LogP contribution < -0.4 is 0 Å². The Kier molecular flexibility index (Phi) is 1.83. The summed E-state index contributed by atoms with van der Waals surface area (Å²) in [5, 5.41) is 2.81. The van der Waals surface area contributed by atoms with Crippen molar-refractivity contribution < 1.29 is 4.74 Å². The molecule has 1 aliphatic rings. The van der Waals surface area contributed by atoms with Gasteiger partial charge in [-0.1, -0.05) is 0 Å². The highest BCUT2D eigenvalue weighted by Crippen LogP contribution is 2.19. The highest BCUT2D eigenvalue weighted by molar-refractivity contribution is 5.39. The third kappa shape index (κ3) is 1.21. The molecule has 0 saturated heterocycles. The second-order valence-corrected chi connectivity index (χ2v) is 2.69. The molecule has 2 heterocycles. The zero-order valence-corrected chi connectivity index (χ0v) is 6.49. The van der Waals surface area contributed by atoms with Crippen molar-refractivity contribution in [2.75, 3.05) is 6.61 Å². The summed E-state index contributed by atoms with van der Waals surface area (Å²) >= 11 is 0. The van der Waals surface area contributed by atoms with Crippen LogP contribution in [0.2, 0.25) is 0 Å². The molecule has 1 aromatic heterocycles. The van der Waals surface area contributed by atoms with Crippen molar-refractivity contribution in [3.05, 3.63) is 28.4 Å². The summed E-state index contributed by atoms with van der Waals surface area (Å²) in [6.07, 6.45) is 2.33. The number of nitrogens with zero attached hydrogens (tertiary/aromatic N) is 2. The number of fused-ring (bicyclic) bond motifs is 1. The van der Waals surface area contributed by atoms with E-state index in [2.05, 4.69) is 10.2 Å². The lowest BCUT2D eigenvalue weighted by Gasteiger charge is -2.14. The van der Waals surface area contributed by atoms with Crippen LogP contribution in [0.1, 0.15) is 11.3 Å². The van der Waals surface area contributed by atoms with Crippen LogP contribution in [0, 0.1) is 4.91 Å². The van der Waals surface area contributed by atoms with E-state index in [1.54, 1.807) is 6.07 Å². The summed E-state index contributed by atoms with van der Waals surface area (Å²) in [5.74, 6) is 0. The van der Waals surface area contributed by atoms with E-state index in [-0.39, 0.29) is 0 Å². The molecule has 0 saturated carbocycles. The van der Waals surface area contributed by atoms with Crippen LogP contribution in [-0.4, -0.2) is 11.6 Å². The van der Waals surface area contributed by atoms with Crippen molar-refractivity contribution in [1.29, 1.82) is 0 Å². The maximum absolute atomic E-state index is 10.2. The fourth-order valence-electron chi connectivity index (χ4n) is 1.28. The predicted octanol–water partition coefficient (Wildman–Crippen LogP) is 1.55. The van der Waals surface area contributed by atoms with Crippen LogP contribution in [0.4, 0.5) is 5.69 Å². The smallest absolute Gasteiger partial charge is 0.126 e. The standard InChI is InChI=1S/C8H8N2O2/c11-10-7-3-6-5-12-2-1-8(6)9-4-7/h3-4H,1-2,5H2. The fraction of sp³-hybridized carbons (Fsp3) is 0.375. The van der Waals surface area contributed by atoms with E-state index < -0.39 is 0 Å². The number of aromatic nitrogens is 1. The maximum Gasteiger partial charge on any atom is 0.126 e. The van der Waals surface area contributed by atoms with Gasteiger partial charge >= 0.3 is 0 Å². The summed E-state index contributed by atoms with van der Waals surface area (Å²) in [5.41, 5.74) is 2.38. The first kappa shape index (κ1) is 7.36. The largest absolute Gasteiger partial charge is 0.376 e. The second-order valence-electron chi connectivity index (χ2n) is 2.69. The molecule has 0 spiro atoms. The summed E-state index contributed by atoms with van der Waals surface area (Å²) < 4.78 is 5.21. The molecule has 0 bridgehead atoms. The Bertz CT molecular complexity index is 312. The number of nitroso groups, excluding NO2 is 1. The van der Waals surface area contributed by atoms with Crippen LogP contribution in [-0.2, 0) is 17.8 Å². The summed E-state index contributed by atoms with van der Waals surface area (Å²) in [6, 6.07) is 1.73. The Labute approximate surface area is 69.5 Å². The zero-order chi connectivity index (χ0) is 8.39. The molecule has 2 rings (SSSR count). The summed E-state index contributed by atoms with van der Waals surface area (Å²) in [4.78, 5) is 14.3. The predicted molar refractivity (Wildman–Crippen MR) is 43.1 cm³/mol. The lowest BCUT2D eigenvalue weighted by molar-refractivity contribution is 0.109. The SMILES string of the molecule is O=Nc1cnc2c(c1)COCC2. The fourth-order valence-corrected chi connectivity index (χ4v) is 1.28. The van der Waals surface area contributed by atoms with Gasteiger partial charge in [0.25, 0.3) is 0 Å². The molecular weight excluding hydrogens is 156 g/mol. The molecule has 0 amide bonds. The van der Waals surface area contributed by atoms with Crippen LogP contribution in [0.5, 0.6) is 0 Å². The van der Waals surface area contributed by atoms with Crippen LogP contribution in [0.25, 0.3) is 0 Å². The molecule has 0 aromatic carbocycles. The molecular formula is C8H8N2O2. The number of hydrogen-bond donors (Lipinski definition) is 0. The minimum Gasteiger partial charge on any atom is -0.376 e. The van der Waals surface area contributed by atoms with Gasteiger partial charge in [-0.15, -0.1) is 4.91 Å². The Morgan fingerprint density at radius 3 is 3.33 bits per heavy atom. The first-order valence-corrected chi connectivity index (χ1v) is 3.79. The third-order valence-electron chi connectivity index (χ3n) is 1.89. The number of hydrogen-bond acceptors (Lipinski definition) is 4. The van der Waals surface area contributed by atoms with Gasteiger partial charge < -0.3 is 4.74 Å². The Balaban J connectivity index is 2.42. The number of ether oxygens (including phenoxy) is 1. The van der Waals surface area contributed by atoms with Crippen LogP contribution in [0.15, 0.2) is 17.4 Å². The van der Waals surface area contributed by atoms with Crippen molar-refractivity contribution >= 4 is 5.69 Å². The van der Waals surface area contributed by atoms with Crippen molar-refractivity contribution in [2.45, 2.75) is 13.0 Å². The number of rotatable bonds is 1. The molecule has 4 nitrogen and oxygen atoms in total. The molecule has 0 aliphatic carbocycles. The van der Waals surface area contributed by atoms with Gasteiger partial charge in [-0.3, -0.25) is 4.98 Å². The summed E-state index contributed by atoms with van der Waals surface area (Å²) in [6.45, 7) is 1.26. The monoisotopic (exact) mass is 164 g/mol. The average Bonchev–Trinajstić information content (AvgIpc) is 2.17. The normalized spacial score (nSPS) is 15.3. The van der Waals surface area contributed by atoms with Gasteiger partial charge in [0.1, 0.15) is 5.69 Å². The van der Waals surface area contributed by atoms with Gasteiger partial charge in [0.15, 0.2) is 0 Å². The minimum atomic E-state index is 0.374. The van der Waals surface area contributed by atoms with Crippen LogP contribution >= 0.6 is 0 Å². The van der Waals surface area contributed by atoms with E-state index in [0.717, 1.165) is 17.7 Å².